The molecule has 0 radical (unpaired) electrons. The quantitative estimate of drug-likeness (QED) is 0.285. The number of aromatic nitrogens is 1. The molecule has 3 heteroatoms. The summed E-state index contributed by atoms with van der Waals surface area (Å²) in [4.78, 5) is 0. The fourth-order valence-electron chi connectivity index (χ4n) is 5.12. The topological polar surface area (TPSA) is 23.4 Å². The van der Waals surface area contributed by atoms with Crippen LogP contribution in [0.5, 0.6) is 11.5 Å². The van der Waals surface area contributed by atoms with Gasteiger partial charge in [-0.3, -0.25) is 0 Å². The summed E-state index contributed by atoms with van der Waals surface area (Å²) in [6, 6.07) is 32.5. The molecule has 0 saturated heterocycles. The molecule has 0 spiro atoms. The Bertz CT molecular complexity index is 1530. The van der Waals surface area contributed by atoms with E-state index in [1.165, 1.54) is 48.9 Å². The number of nitrogens with zero attached hydrogens (tertiary/aromatic N) is 1. The van der Waals surface area contributed by atoms with Crippen LogP contribution in [0.15, 0.2) is 91.0 Å². The standard InChI is InChI=1S/C30H25NO2/c1-32-23-17-20(18-24(19-23)33-2)15-16-31-27-13-11-21-7-3-5-9-25(21)29(27)30-26-10-6-4-8-22(26)12-14-28(30)31/h3-14,17-19H,15-16H2,1-2H3. The molecule has 0 aliphatic rings. The number of rotatable bonds is 5. The van der Waals surface area contributed by atoms with Gasteiger partial charge in [-0.2, -0.15) is 0 Å². The predicted molar refractivity (Wildman–Crippen MR) is 138 cm³/mol. The van der Waals surface area contributed by atoms with Crippen LogP contribution >= 0.6 is 0 Å². The summed E-state index contributed by atoms with van der Waals surface area (Å²) in [5.41, 5.74) is 3.74. The van der Waals surface area contributed by atoms with Crippen molar-refractivity contribution < 1.29 is 9.47 Å². The predicted octanol–water partition coefficient (Wildman–Crippen LogP) is 7.36. The summed E-state index contributed by atoms with van der Waals surface area (Å²) in [5.74, 6) is 1.65. The Morgan fingerprint density at radius 1 is 0.606 bits per heavy atom. The van der Waals surface area contributed by atoms with Crippen LogP contribution in [0.3, 0.4) is 0 Å². The zero-order chi connectivity index (χ0) is 22.4. The van der Waals surface area contributed by atoms with Gasteiger partial charge in [0.1, 0.15) is 11.5 Å². The Morgan fingerprint density at radius 2 is 1.12 bits per heavy atom. The lowest BCUT2D eigenvalue weighted by atomic mass is 10.00. The van der Waals surface area contributed by atoms with Crippen molar-refractivity contribution in [2.24, 2.45) is 0 Å². The van der Waals surface area contributed by atoms with Crippen molar-refractivity contribution in [1.29, 1.82) is 0 Å². The molecule has 0 N–H and O–H groups in total. The van der Waals surface area contributed by atoms with Crippen molar-refractivity contribution in [2.75, 3.05) is 14.2 Å². The number of benzene rings is 5. The van der Waals surface area contributed by atoms with Crippen molar-refractivity contribution in [1.82, 2.24) is 4.57 Å². The number of fused-ring (bicyclic) bond motifs is 7. The van der Waals surface area contributed by atoms with Crippen LogP contribution in [-0.4, -0.2) is 18.8 Å². The molecule has 0 fully saturated rings. The van der Waals surface area contributed by atoms with Crippen LogP contribution in [0, 0.1) is 0 Å². The van der Waals surface area contributed by atoms with E-state index in [1.807, 2.05) is 6.07 Å². The van der Waals surface area contributed by atoms with E-state index in [0.717, 1.165) is 24.5 Å². The summed E-state index contributed by atoms with van der Waals surface area (Å²) >= 11 is 0. The van der Waals surface area contributed by atoms with E-state index < -0.39 is 0 Å². The first-order chi connectivity index (χ1) is 16.3. The van der Waals surface area contributed by atoms with Gasteiger partial charge in [0.15, 0.2) is 0 Å². The molecular formula is C30H25NO2. The molecule has 0 unspecified atom stereocenters. The highest BCUT2D eigenvalue weighted by Crippen LogP contribution is 2.39. The SMILES string of the molecule is COc1cc(CCn2c3ccc4ccccc4c3c3c4ccccc4ccc32)cc(OC)c1. The first-order valence-electron chi connectivity index (χ1n) is 11.3. The normalized spacial score (nSPS) is 11.6. The monoisotopic (exact) mass is 431 g/mol. The molecule has 0 saturated carbocycles. The lowest BCUT2D eigenvalue weighted by molar-refractivity contribution is 0.393. The van der Waals surface area contributed by atoms with E-state index in [0.29, 0.717) is 0 Å². The van der Waals surface area contributed by atoms with Gasteiger partial charge < -0.3 is 14.0 Å². The molecule has 0 aliphatic heterocycles. The van der Waals surface area contributed by atoms with Gasteiger partial charge in [0, 0.05) is 34.4 Å². The first-order valence-corrected chi connectivity index (χ1v) is 11.3. The van der Waals surface area contributed by atoms with E-state index in [2.05, 4.69) is 89.5 Å². The fourth-order valence-corrected chi connectivity index (χ4v) is 5.12. The maximum Gasteiger partial charge on any atom is 0.122 e. The van der Waals surface area contributed by atoms with Gasteiger partial charge in [0.2, 0.25) is 0 Å². The third-order valence-corrected chi connectivity index (χ3v) is 6.68. The van der Waals surface area contributed by atoms with E-state index in [1.54, 1.807) is 14.2 Å². The lowest BCUT2D eigenvalue weighted by Crippen LogP contribution is -2.02. The molecule has 0 amide bonds. The van der Waals surface area contributed by atoms with Crippen LogP contribution in [0.2, 0.25) is 0 Å². The zero-order valence-electron chi connectivity index (χ0n) is 18.8. The van der Waals surface area contributed by atoms with Gasteiger partial charge in [0.25, 0.3) is 0 Å². The summed E-state index contributed by atoms with van der Waals surface area (Å²) in [6.07, 6.45) is 0.881. The van der Waals surface area contributed by atoms with Gasteiger partial charge in [0.05, 0.1) is 14.2 Å². The van der Waals surface area contributed by atoms with E-state index in [4.69, 9.17) is 9.47 Å². The molecule has 1 aromatic heterocycles. The fraction of sp³-hybridized carbons (Fsp3) is 0.133. The minimum absolute atomic E-state index is 0.823. The second kappa shape index (κ2) is 7.86. The summed E-state index contributed by atoms with van der Waals surface area (Å²) in [6.45, 7) is 0.868. The Morgan fingerprint density at radius 3 is 1.64 bits per heavy atom. The molecule has 6 rings (SSSR count). The zero-order valence-corrected chi connectivity index (χ0v) is 18.8. The van der Waals surface area contributed by atoms with Crippen LogP contribution in [0.1, 0.15) is 5.56 Å². The smallest absolute Gasteiger partial charge is 0.122 e. The van der Waals surface area contributed by atoms with Crippen molar-refractivity contribution in [3.8, 4) is 11.5 Å². The molecule has 6 aromatic rings. The van der Waals surface area contributed by atoms with Gasteiger partial charge in [-0.1, -0.05) is 60.7 Å². The number of hydrogen-bond acceptors (Lipinski definition) is 2. The summed E-state index contributed by atoms with van der Waals surface area (Å²) in [7, 11) is 3.39. The Hall–Kier alpha value is -3.98. The maximum atomic E-state index is 5.48. The summed E-state index contributed by atoms with van der Waals surface area (Å²) in [5, 5.41) is 7.83. The molecule has 33 heavy (non-hydrogen) atoms. The number of ether oxygens (including phenoxy) is 2. The first kappa shape index (κ1) is 19.7. The van der Waals surface area contributed by atoms with Crippen LogP contribution in [-0.2, 0) is 13.0 Å². The molecular weight excluding hydrogens is 406 g/mol. The number of aryl methyl sites for hydroxylation is 2. The van der Waals surface area contributed by atoms with E-state index in [-0.39, 0.29) is 0 Å². The third-order valence-electron chi connectivity index (χ3n) is 6.68. The lowest BCUT2D eigenvalue weighted by Gasteiger charge is -2.11. The van der Waals surface area contributed by atoms with Crippen LogP contribution in [0.4, 0.5) is 0 Å². The van der Waals surface area contributed by atoms with Gasteiger partial charge in [-0.05, 0) is 57.8 Å². The second-order valence-electron chi connectivity index (χ2n) is 8.48. The van der Waals surface area contributed by atoms with Gasteiger partial charge in [-0.25, -0.2) is 0 Å². The van der Waals surface area contributed by atoms with Crippen molar-refractivity contribution in [2.45, 2.75) is 13.0 Å². The summed E-state index contributed by atoms with van der Waals surface area (Å²) < 4.78 is 13.4. The van der Waals surface area contributed by atoms with Gasteiger partial charge >= 0.3 is 0 Å². The Kier molecular flexibility index (Phi) is 4.69. The Balaban J connectivity index is 1.59. The second-order valence-corrected chi connectivity index (χ2v) is 8.48. The largest absolute Gasteiger partial charge is 0.497 e. The molecule has 162 valence electrons. The minimum Gasteiger partial charge on any atom is -0.497 e. The highest BCUT2D eigenvalue weighted by molar-refractivity contribution is 6.27. The highest BCUT2D eigenvalue weighted by Gasteiger charge is 2.16. The average molecular weight is 432 g/mol. The molecule has 3 nitrogen and oxygen atoms in total. The van der Waals surface area contributed by atoms with Gasteiger partial charge in [-0.15, -0.1) is 0 Å². The third kappa shape index (κ3) is 3.20. The molecule has 5 aromatic carbocycles. The maximum absolute atomic E-state index is 5.48. The molecule has 0 atom stereocenters. The van der Waals surface area contributed by atoms with Crippen molar-refractivity contribution >= 4 is 43.4 Å². The van der Waals surface area contributed by atoms with E-state index in [9.17, 15) is 0 Å². The highest BCUT2D eigenvalue weighted by atomic mass is 16.5. The Labute approximate surface area is 192 Å². The molecule has 1 heterocycles. The van der Waals surface area contributed by atoms with E-state index >= 15 is 0 Å². The molecule has 0 bridgehead atoms. The molecule has 0 aliphatic carbocycles. The van der Waals surface area contributed by atoms with Crippen LogP contribution in [0.25, 0.3) is 43.4 Å². The number of methoxy groups -OCH3 is 2. The van der Waals surface area contributed by atoms with Crippen molar-refractivity contribution in [3.05, 3.63) is 96.6 Å². The number of hydrogen-bond donors (Lipinski definition) is 0. The van der Waals surface area contributed by atoms with Crippen LogP contribution < -0.4 is 9.47 Å². The minimum atomic E-state index is 0.823. The average Bonchev–Trinajstić information content (AvgIpc) is 3.21. The van der Waals surface area contributed by atoms with Crippen molar-refractivity contribution in [3.63, 3.8) is 0 Å².